The lowest BCUT2D eigenvalue weighted by atomic mass is 10.2. The molecule has 2 amide bonds. The van der Waals surface area contributed by atoms with Crippen molar-refractivity contribution >= 4 is 34.9 Å². The Kier molecular flexibility index (Phi) is 5.80. The highest BCUT2D eigenvalue weighted by atomic mass is 35.5. The molecule has 144 valence electrons. The fourth-order valence-corrected chi connectivity index (χ4v) is 3.53. The van der Waals surface area contributed by atoms with Gasteiger partial charge in [-0.2, -0.15) is 0 Å². The van der Waals surface area contributed by atoms with Crippen LogP contribution in [0, 0.1) is 0 Å². The molecule has 1 aromatic carbocycles. The van der Waals surface area contributed by atoms with Crippen LogP contribution in [0.2, 0.25) is 0 Å². The van der Waals surface area contributed by atoms with Crippen molar-refractivity contribution < 1.29 is 18.7 Å². The highest BCUT2D eigenvalue weighted by molar-refractivity contribution is 7.19. The van der Waals surface area contributed by atoms with Crippen LogP contribution in [0.3, 0.4) is 0 Å². The molecule has 0 bridgehead atoms. The largest absolute Gasteiger partial charge is 0.454 e. The van der Waals surface area contributed by atoms with E-state index in [2.05, 4.69) is 10.4 Å². The number of hydrogen-bond acceptors (Lipinski definition) is 7. The Balaban J connectivity index is 0.00000210. The van der Waals surface area contributed by atoms with Gasteiger partial charge >= 0.3 is 6.03 Å². The number of anilines is 1. The van der Waals surface area contributed by atoms with Gasteiger partial charge in [0.25, 0.3) is 0 Å². The number of carbonyl (C=O) groups excluding carboxylic acids is 1. The number of hydrazine groups is 1. The van der Waals surface area contributed by atoms with E-state index in [0.717, 1.165) is 10.4 Å². The number of ether oxygens (including phenoxy) is 2. The van der Waals surface area contributed by atoms with Crippen molar-refractivity contribution in [1.82, 2.24) is 15.4 Å². The quantitative estimate of drug-likeness (QED) is 0.782. The number of hydrogen-bond donors (Lipinski definition) is 2. The van der Waals surface area contributed by atoms with Crippen molar-refractivity contribution in [2.24, 2.45) is 5.73 Å². The van der Waals surface area contributed by atoms with Crippen LogP contribution >= 0.6 is 23.7 Å². The highest BCUT2D eigenvalue weighted by Crippen LogP contribution is 2.39. The second-order valence-corrected chi connectivity index (χ2v) is 6.67. The molecule has 2 aromatic rings. The van der Waals surface area contributed by atoms with Crippen molar-refractivity contribution in [3.8, 4) is 21.9 Å². The summed E-state index contributed by atoms with van der Waals surface area (Å²) in [5.74, 6) is 1.40. The van der Waals surface area contributed by atoms with E-state index >= 15 is 0 Å². The molecule has 27 heavy (non-hydrogen) atoms. The summed E-state index contributed by atoms with van der Waals surface area (Å²) in [6, 6.07) is 5.35. The molecule has 0 spiro atoms. The molecule has 8 nitrogen and oxygen atoms in total. The summed E-state index contributed by atoms with van der Waals surface area (Å²) in [6.45, 7) is 0.613. The number of aromatic nitrogens is 1. The third kappa shape index (κ3) is 3.69. The van der Waals surface area contributed by atoms with Gasteiger partial charge in [0.05, 0.1) is 24.4 Å². The fraction of sp³-hybridized carbons (Fsp3) is 0.250. The number of thiazole rings is 1. The van der Waals surface area contributed by atoms with Gasteiger partial charge in [-0.05, 0) is 29.3 Å². The maximum atomic E-state index is 12.7. The summed E-state index contributed by atoms with van der Waals surface area (Å²) < 4.78 is 23.4. The molecule has 1 saturated heterocycles. The molecule has 2 aliphatic rings. The summed E-state index contributed by atoms with van der Waals surface area (Å²) in [6.07, 6.45) is 2.14. The first kappa shape index (κ1) is 19.4. The van der Waals surface area contributed by atoms with E-state index in [9.17, 15) is 9.18 Å². The Bertz CT molecular complexity index is 877. The number of halogens is 2. The SMILES string of the molecule is Cl.NC/C(=C/F)CN1NCN(c2ncc(-c3ccc4c(c3)OCO4)s2)C1=O. The van der Waals surface area contributed by atoms with Crippen LogP contribution in [0.25, 0.3) is 10.4 Å². The molecule has 0 saturated carbocycles. The van der Waals surface area contributed by atoms with Gasteiger partial charge in [0, 0.05) is 12.7 Å². The zero-order chi connectivity index (χ0) is 18.1. The van der Waals surface area contributed by atoms with Gasteiger partial charge in [-0.1, -0.05) is 11.3 Å². The molecular formula is C16H17ClFN5O3S. The van der Waals surface area contributed by atoms with Crippen LogP contribution in [0.4, 0.5) is 14.3 Å². The molecule has 1 aromatic heterocycles. The van der Waals surface area contributed by atoms with Crippen molar-refractivity contribution in [2.75, 3.05) is 31.5 Å². The molecule has 0 atom stereocenters. The van der Waals surface area contributed by atoms with Gasteiger partial charge in [-0.25, -0.2) is 19.6 Å². The lowest BCUT2D eigenvalue weighted by molar-refractivity contribution is 0.174. The van der Waals surface area contributed by atoms with E-state index in [1.165, 1.54) is 21.2 Å². The Morgan fingerprint density at radius 1 is 1.41 bits per heavy atom. The molecule has 0 aliphatic carbocycles. The standard InChI is InChI=1S/C16H16FN5O3S.ClH/c17-4-10(5-18)7-22-16(23)21(8-20-22)15-19-6-14(26-15)11-1-2-12-13(3-11)25-9-24-12;/h1-4,6,20H,5,7-9,18H2;1H/b10-4-;. The van der Waals surface area contributed by atoms with E-state index < -0.39 is 0 Å². The van der Waals surface area contributed by atoms with Gasteiger partial charge in [0.1, 0.15) is 0 Å². The first-order chi connectivity index (χ1) is 12.7. The van der Waals surface area contributed by atoms with Gasteiger partial charge in [0.2, 0.25) is 6.79 Å². The minimum Gasteiger partial charge on any atom is -0.454 e. The molecule has 1 fully saturated rings. The van der Waals surface area contributed by atoms with Crippen LogP contribution in [0.1, 0.15) is 0 Å². The van der Waals surface area contributed by atoms with Gasteiger partial charge in [-0.15, -0.1) is 12.4 Å². The van der Waals surface area contributed by atoms with E-state index in [1.54, 1.807) is 6.20 Å². The zero-order valence-corrected chi connectivity index (χ0v) is 15.7. The van der Waals surface area contributed by atoms with Crippen LogP contribution in [-0.4, -0.2) is 42.6 Å². The Morgan fingerprint density at radius 3 is 3.00 bits per heavy atom. The predicted molar refractivity (Wildman–Crippen MR) is 102 cm³/mol. The minimum absolute atomic E-state index is 0. The summed E-state index contributed by atoms with van der Waals surface area (Å²) in [5.41, 5.74) is 9.61. The van der Waals surface area contributed by atoms with Crippen LogP contribution in [-0.2, 0) is 0 Å². The maximum absolute atomic E-state index is 12.7. The number of urea groups is 1. The van der Waals surface area contributed by atoms with Crippen molar-refractivity contribution in [3.05, 3.63) is 36.3 Å². The summed E-state index contributed by atoms with van der Waals surface area (Å²) in [5, 5.41) is 1.87. The first-order valence-corrected chi connectivity index (χ1v) is 8.68. The average Bonchev–Trinajstić information content (AvgIpc) is 3.39. The van der Waals surface area contributed by atoms with E-state index in [1.807, 2.05) is 18.2 Å². The lowest BCUT2D eigenvalue weighted by Crippen LogP contribution is -2.37. The number of benzene rings is 1. The molecule has 0 radical (unpaired) electrons. The zero-order valence-electron chi connectivity index (χ0n) is 14.1. The van der Waals surface area contributed by atoms with Crippen molar-refractivity contribution in [2.45, 2.75) is 0 Å². The monoisotopic (exact) mass is 413 g/mol. The highest BCUT2D eigenvalue weighted by Gasteiger charge is 2.31. The summed E-state index contributed by atoms with van der Waals surface area (Å²) in [7, 11) is 0. The van der Waals surface area contributed by atoms with Crippen molar-refractivity contribution in [1.29, 1.82) is 0 Å². The number of amides is 2. The second-order valence-electron chi connectivity index (χ2n) is 5.66. The summed E-state index contributed by atoms with van der Waals surface area (Å²) in [4.78, 5) is 19.2. The molecule has 3 heterocycles. The topological polar surface area (TPSA) is 93.0 Å². The fourth-order valence-electron chi connectivity index (χ4n) is 2.63. The van der Waals surface area contributed by atoms with Crippen LogP contribution in [0.15, 0.2) is 36.3 Å². The normalized spacial score (nSPS) is 16.1. The average molecular weight is 414 g/mol. The van der Waals surface area contributed by atoms with E-state index in [-0.39, 0.29) is 45.0 Å². The molecular weight excluding hydrogens is 397 g/mol. The van der Waals surface area contributed by atoms with E-state index in [0.29, 0.717) is 28.5 Å². The molecule has 0 unspecified atom stereocenters. The van der Waals surface area contributed by atoms with Crippen molar-refractivity contribution in [3.63, 3.8) is 0 Å². The third-order valence-corrected chi connectivity index (χ3v) is 5.11. The number of nitrogens with one attached hydrogen (secondary N) is 1. The lowest BCUT2D eigenvalue weighted by Gasteiger charge is -2.16. The molecule has 11 heteroatoms. The smallest absolute Gasteiger partial charge is 0.342 e. The van der Waals surface area contributed by atoms with Crippen LogP contribution < -0.4 is 25.5 Å². The van der Waals surface area contributed by atoms with Gasteiger partial charge < -0.3 is 15.2 Å². The maximum Gasteiger partial charge on any atom is 0.342 e. The van der Waals surface area contributed by atoms with Crippen LogP contribution in [0.5, 0.6) is 11.5 Å². The number of nitrogens with zero attached hydrogens (tertiary/aromatic N) is 3. The number of rotatable bonds is 5. The van der Waals surface area contributed by atoms with Gasteiger partial charge in [0.15, 0.2) is 16.6 Å². The molecule has 2 aliphatic heterocycles. The Labute approximate surface area is 164 Å². The van der Waals surface area contributed by atoms with Gasteiger partial charge in [-0.3, -0.25) is 9.91 Å². The second kappa shape index (κ2) is 8.09. The summed E-state index contributed by atoms with van der Waals surface area (Å²) >= 11 is 1.38. The number of fused-ring (bicyclic) bond motifs is 1. The van der Waals surface area contributed by atoms with E-state index in [4.69, 9.17) is 15.2 Å². The predicted octanol–water partition coefficient (Wildman–Crippen LogP) is 2.48. The number of nitrogens with two attached hydrogens (primary N) is 1. The Morgan fingerprint density at radius 2 is 2.22 bits per heavy atom. The molecule has 3 N–H and O–H groups in total. The first-order valence-electron chi connectivity index (χ1n) is 7.86. The Hall–Kier alpha value is -2.40. The number of carbonyl (C=O) groups is 1. The minimum atomic E-state index is -0.301. The third-order valence-electron chi connectivity index (χ3n) is 4.04. The molecule has 4 rings (SSSR count).